The molecule has 1 aromatic carbocycles. The average Bonchev–Trinajstić information content (AvgIpc) is 3.08. The lowest BCUT2D eigenvalue weighted by atomic mass is 10.1. The Balaban J connectivity index is 1.76. The Morgan fingerprint density at radius 1 is 1.13 bits per heavy atom. The Morgan fingerprint density at radius 3 is 2.57 bits per heavy atom. The van der Waals surface area contributed by atoms with Crippen LogP contribution < -0.4 is 9.62 Å². The molecule has 1 aliphatic heterocycles. The van der Waals surface area contributed by atoms with E-state index in [1.54, 1.807) is 0 Å². The predicted octanol–water partition coefficient (Wildman–Crippen LogP) is 2.81. The fourth-order valence-electron chi connectivity index (χ4n) is 2.70. The van der Waals surface area contributed by atoms with Gasteiger partial charge in [-0.25, -0.2) is 18.1 Å². The van der Waals surface area contributed by atoms with Gasteiger partial charge in [0.1, 0.15) is 10.0 Å². The van der Waals surface area contributed by atoms with Gasteiger partial charge >= 0.3 is 0 Å². The third-order valence-corrected chi connectivity index (χ3v) is 5.51. The fraction of sp³-hybridized carbons (Fsp3) is 0.312. The van der Waals surface area contributed by atoms with E-state index >= 15 is 0 Å². The minimum Gasteiger partial charge on any atom is -0.371 e. The molecule has 0 atom stereocenters. The highest BCUT2D eigenvalue weighted by Gasteiger charge is 2.18. The van der Waals surface area contributed by atoms with Crippen molar-refractivity contribution in [3.8, 4) is 0 Å². The van der Waals surface area contributed by atoms with Gasteiger partial charge in [0.25, 0.3) is 0 Å². The molecule has 2 heterocycles. The van der Waals surface area contributed by atoms with E-state index < -0.39 is 10.0 Å². The Hall–Kier alpha value is -1.63. The molecule has 0 bridgehead atoms. The van der Waals surface area contributed by atoms with E-state index in [4.69, 9.17) is 11.6 Å². The summed E-state index contributed by atoms with van der Waals surface area (Å²) in [4.78, 5) is 6.23. The van der Waals surface area contributed by atoms with Gasteiger partial charge in [-0.3, -0.25) is 0 Å². The Morgan fingerprint density at radius 2 is 1.87 bits per heavy atom. The van der Waals surface area contributed by atoms with Gasteiger partial charge in [-0.05, 0) is 36.6 Å². The van der Waals surface area contributed by atoms with E-state index in [2.05, 4.69) is 14.6 Å². The molecule has 0 aliphatic carbocycles. The number of pyridine rings is 1. The Kier molecular flexibility index (Phi) is 4.84. The topological polar surface area (TPSA) is 62.3 Å². The minimum atomic E-state index is -3.61. The van der Waals surface area contributed by atoms with E-state index in [1.165, 1.54) is 31.2 Å². The summed E-state index contributed by atoms with van der Waals surface area (Å²) in [6, 6.07) is 10.8. The summed E-state index contributed by atoms with van der Waals surface area (Å²) in [5, 5.41) is 0.267. The number of nitrogens with one attached hydrogen (secondary N) is 1. The number of halogens is 1. The Labute approximate surface area is 141 Å². The molecule has 1 aromatic heterocycles. The number of para-hydroxylation sites is 1. The van der Waals surface area contributed by atoms with Crippen LogP contribution in [-0.4, -0.2) is 26.5 Å². The van der Waals surface area contributed by atoms with Gasteiger partial charge in [-0.15, -0.1) is 0 Å². The minimum absolute atomic E-state index is 0.112. The maximum Gasteiger partial charge on any atom is 0.242 e. The van der Waals surface area contributed by atoms with Crippen LogP contribution in [0.15, 0.2) is 47.5 Å². The van der Waals surface area contributed by atoms with Crippen molar-refractivity contribution < 1.29 is 8.42 Å². The second-order valence-electron chi connectivity index (χ2n) is 5.46. The van der Waals surface area contributed by atoms with Crippen molar-refractivity contribution in [1.29, 1.82) is 0 Å². The summed E-state index contributed by atoms with van der Waals surface area (Å²) < 4.78 is 27.3. The predicted molar refractivity (Wildman–Crippen MR) is 91.2 cm³/mol. The molecule has 0 radical (unpaired) electrons. The number of aromatic nitrogens is 1. The molecule has 1 fully saturated rings. The van der Waals surface area contributed by atoms with Gasteiger partial charge in [-0.1, -0.05) is 29.8 Å². The van der Waals surface area contributed by atoms with E-state index in [1.807, 2.05) is 24.3 Å². The third kappa shape index (κ3) is 3.83. The molecule has 0 amide bonds. The molecule has 122 valence electrons. The summed E-state index contributed by atoms with van der Waals surface area (Å²) in [6.45, 7) is 2.29. The van der Waals surface area contributed by atoms with Gasteiger partial charge in [0.2, 0.25) is 10.0 Å². The highest BCUT2D eigenvalue weighted by atomic mass is 35.5. The molecule has 0 unspecified atom stereocenters. The van der Waals surface area contributed by atoms with Crippen LogP contribution in [0.5, 0.6) is 0 Å². The second kappa shape index (κ2) is 6.86. The van der Waals surface area contributed by atoms with Crippen molar-refractivity contribution in [3.63, 3.8) is 0 Å². The third-order valence-electron chi connectivity index (χ3n) is 3.90. The van der Waals surface area contributed by atoms with Crippen LogP contribution in [0, 0.1) is 0 Å². The lowest BCUT2D eigenvalue weighted by Gasteiger charge is -2.21. The fourth-order valence-corrected chi connectivity index (χ4v) is 3.77. The highest BCUT2D eigenvalue weighted by molar-refractivity contribution is 7.89. The first-order valence-corrected chi connectivity index (χ1v) is 9.36. The second-order valence-corrected chi connectivity index (χ2v) is 7.62. The van der Waals surface area contributed by atoms with Crippen LogP contribution in [0.1, 0.15) is 18.4 Å². The zero-order valence-corrected chi connectivity index (χ0v) is 14.1. The zero-order chi connectivity index (χ0) is 16.3. The standard InChI is InChI=1S/C16H18ClN3O2S/c17-16-8-7-14(12-18-16)23(21,22)19-11-13-5-1-2-6-15(13)20-9-3-4-10-20/h1-2,5-8,12,19H,3-4,9-11H2. The number of hydrogen-bond donors (Lipinski definition) is 1. The lowest BCUT2D eigenvalue weighted by Crippen LogP contribution is -2.26. The van der Waals surface area contributed by atoms with E-state index in [9.17, 15) is 8.42 Å². The Bertz CT molecular complexity index is 772. The van der Waals surface area contributed by atoms with Gasteiger partial charge in [0.05, 0.1) is 0 Å². The molecule has 0 spiro atoms. The van der Waals surface area contributed by atoms with Crippen molar-refractivity contribution in [2.24, 2.45) is 0 Å². The maximum atomic E-state index is 12.3. The summed E-state index contributed by atoms with van der Waals surface area (Å²) in [7, 11) is -3.61. The number of benzene rings is 1. The largest absolute Gasteiger partial charge is 0.371 e. The molecular formula is C16H18ClN3O2S. The van der Waals surface area contributed by atoms with Crippen LogP contribution in [0.3, 0.4) is 0 Å². The van der Waals surface area contributed by atoms with Crippen LogP contribution in [-0.2, 0) is 16.6 Å². The summed E-state index contributed by atoms with van der Waals surface area (Å²) in [5.41, 5.74) is 2.07. The van der Waals surface area contributed by atoms with E-state index in [0.29, 0.717) is 0 Å². The summed E-state index contributed by atoms with van der Waals surface area (Å²) >= 11 is 5.70. The molecule has 23 heavy (non-hydrogen) atoms. The van der Waals surface area contributed by atoms with Gasteiger partial charge in [0.15, 0.2) is 0 Å². The molecule has 7 heteroatoms. The quantitative estimate of drug-likeness (QED) is 0.841. The zero-order valence-electron chi connectivity index (χ0n) is 12.6. The number of nitrogens with zero attached hydrogens (tertiary/aromatic N) is 2. The molecule has 1 aliphatic rings. The van der Waals surface area contributed by atoms with E-state index in [0.717, 1.165) is 24.3 Å². The van der Waals surface area contributed by atoms with Crippen molar-refractivity contribution in [2.45, 2.75) is 24.3 Å². The van der Waals surface area contributed by atoms with Crippen LogP contribution in [0.4, 0.5) is 5.69 Å². The number of rotatable bonds is 5. The monoisotopic (exact) mass is 351 g/mol. The van der Waals surface area contributed by atoms with Gasteiger partial charge < -0.3 is 4.90 Å². The lowest BCUT2D eigenvalue weighted by molar-refractivity contribution is 0.581. The van der Waals surface area contributed by atoms with Crippen molar-refractivity contribution in [2.75, 3.05) is 18.0 Å². The average molecular weight is 352 g/mol. The number of sulfonamides is 1. The van der Waals surface area contributed by atoms with Gasteiger partial charge in [-0.2, -0.15) is 0 Å². The SMILES string of the molecule is O=S(=O)(NCc1ccccc1N1CCCC1)c1ccc(Cl)nc1. The van der Waals surface area contributed by atoms with Crippen LogP contribution >= 0.6 is 11.6 Å². The van der Waals surface area contributed by atoms with Crippen LogP contribution in [0.25, 0.3) is 0 Å². The normalized spacial score (nSPS) is 15.1. The first-order valence-electron chi connectivity index (χ1n) is 7.50. The molecule has 1 saturated heterocycles. The van der Waals surface area contributed by atoms with Crippen LogP contribution in [0.2, 0.25) is 5.15 Å². The summed E-state index contributed by atoms with van der Waals surface area (Å²) in [5.74, 6) is 0. The maximum absolute atomic E-state index is 12.3. The molecule has 0 saturated carbocycles. The first kappa shape index (κ1) is 16.2. The molecule has 5 nitrogen and oxygen atoms in total. The molecule has 2 aromatic rings. The summed E-state index contributed by atoms with van der Waals surface area (Å²) in [6.07, 6.45) is 3.62. The highest BCUT2D eigenvalue weighted by Crippen LogP contribution is 2.24. The van der Waals surface area contributed by atoms with Crippen molar-refractivity contribution in [3.05, 3.63) is 53.3 Å². The first-order chi connectivity index (χ1) is 11.1. The molecule has 1 N–H and O–H groups in total. The smallest absolute Gasteiger partial charge is 0.242 e. The van der Waals surface area contributed by atoms with E-state index in [-0.39, 0.29) is 16.6 Å². The molecule has 3 rings (SSSR count). The number of hydrogen-bond acceptors (Lipinski definition) is 4. The van der Waals surface area contributed by atoms with Crippen molar-refractivity contribution >= 4 is 27.3 Å². The molecular weight excluding hydrogens is 334 g/mol. The number of anilines is 1. The van der Waals surface area contributed by atoms with Gasteiger partial charge in [0, 0.05) is 31.5 Å². The van der Waals surface area contributed by atoms with Crippen molar-refractivity contribution in [1.82, 2.24) is 9.71 Å².